The fourth-order valence-electron chi connectivity index (χ4n) is 2.87. The molecule has 1 saturated heterocycles. The summed E-state index contributed by atoms with van der Waals surface area (Å²) in [5, 5.41) is 4.26. The summed E-state index contributed by atoms with van der Waals surface area (Å²) in [7, 11) is 0. The highest BCUT2D eigenvalue weighted by Crippen LogP contribution is 2.17. The number of nitrogens with two attached hydrogens (primary N) is 1. The van der Waals surface area contributed by atoms with Crippen molar-refractivity contribution in [1.82, 2.24) is 19.7 Å². The molecule has 2 N–H and O–H groups in total. The Balaban J connectivity index is 1.71. The van der Waals surface area contributed by atoms with E-state index in [1.807, 2.05) is 6.07 Å². The Hall–Kier alpha value is -3.03. The predicted molar refractivity (Wildman–Crippen MR) is 90.2 cm³/mol. The second-order valence-electron chi connectivity index (χ2n) is 6.01. The molecule has 0 radical (unpaired) electrons. The Kier molecular flexibility index (Phi) is 4.87. The van der Waals surface area contributed by atoms with Gasteiger partial charge in [0.25, 0.3) is 5.56 Å². The zero-order valence-corrected chi connectivity index (χ0v) is 13.7. The zero-order valence-electron chi connectivity index (χ0n) is 13.7. The quantitative estimate of drug-likeness (QED) is 0.843. The molecule has 0 unspecified atom stereocenters. The monoisotopic (exact) mass is 341 g/mol. The molecule has 2 aromatic rings. The number of piperidine rings is 1. The average Bonchev–Trinajstić information content (AvgIpc) is 2.64. The van der Waals surface area contributed by atoms with Crippen molar-refractivity contribution in [3.8, 4) is 11.3 Å². The van der Waals surface area contributed by atoms with Gasteiger partial charge in [0.2, 0.25) is 11.8 Å². The van der Waals surface area contributed by atoms with E-state index in [0.29, 0.717) is 31.6 Å². The van der Waals surface area contributed by atoms with Gasteiger partial charge in [0.15, 0.2) is 0 Å². The van der Waals surface area contributed by atoms with E-state index in [0.717, 1.165) is 10.2 Å². The van der Waals surface area contributed by atoms with Crippen LogP contribution in [0.4, 0.5) is 0 Å². The van der Waals surface area contributed by atoms with E-state index in [-0.39, 0.29) is 29.8 Å². The number of hydrogen-bond donors (Lipinski definition) is 1. The number of likely N-dealkylation sites (tertiary alicyclic amines) is 1. The third kappa shape index (κ3) is 3.90. The number of nitrogens with zero attached hydrogens (tertiary/aromatic N) is 4. The van der Waals surface area contributed by atoms with E-state index in [2.05, 4.69) is 10.1 Å². The van der Waals surface area contributed by atoms with E-state index >= 15 is 0 Å². The third-order valence-corrected chi connectivity index (χ3v) is 4.36. The maximum Gasteiger partial charge on any atom is 0.267 e. The van der Waals surface area contributed by atoms with Crippen molar-refractivity contribution in [2.24, 2.45) is 11.7 Å². The van der Waals surface area contributed by atoms with Crippen LogP contribution >= 0.6 is 0 Å². The van der Waals surface area contributed by atoms with Crippen LogP contribution in [0.2, 0.25) is 0 Å². The van der Waals surface area contributed by atoms with E-state index in [9.17, 15) is 14.4 Å². The predicted octanol–water partition coefficient (Wildman–Crippen LogP) is 0.0292. The summed E-state index contributed by atoms with van der Waals surface area (Å²) in [6.07, 6.45) is 4.41. The van der Waals surface area contributed by atoms with Gasteiger partial charge < -0.3 is 10.6 Å². The van der Waals surface area contributed by atoms with E-state index in [1.165, 1.54) is 6.07 Å². The number of rotatable bonds is 4. The summed E-state index contributed by atoms with van der Waals surface area (Å²) in [5.74, 6) is -0.700. The summed E-state index contributed by atoms with van der Waals surface area (Å²) in [4.78, 5) is 41.3. The molecule has 3 heterocycles. The maximum atomic E-state index is 12.4. The molecular formula is C17H19N5O3. The van der Waals surface area contributed by atoms with Gasteiger partial charge >= 0.3 is 0 Å². The summed E-state index contributed by atoms with van der Waals surface area (Å²) in [6.45, 7) is 0.793. The van der Waals surface area contributed by atoms with Crippen molar-refractivity contribution < 1.29 is 9.59 Å². The van der Waals surface area contributed by atoms with Crippen LogP contribution in [0, 0.1) is 5.92 Å². The Morgan fingerprint density at radius 3 is 2.60 bits per heavy atom. The molecule has 3 rings (SSSR count). The molecule has 1 fully saturated rings. The number of carbonyl (C=O) groups excluding carboxylic acids is 2. The molecule has 2 aromatic heterocycles. The normalized spacial score (nSPS) is 15.1. The van der Waals surface area contributed by atoms with Gasteiger partial charge in [-0.1, -0.05) is 0 Å². The van der Waals surface area contributed by atoms with Gasteiger partial charge in [-0.3, -0.25) is 19.4 Å². The van der Waals surface area contributed by atoms with Crippen molar-refractivity contribution in [1.29, 1.82) is 0 Å². The molecule has 1 aliphatic heterocycles. The topological polar surface area (TPSA) is 111 Å². The van der Waals surface area contributed by atoms with Gasteiger partial charge in [0.1, 0.15) is 6.54 Å². The first-order chi connectivity index (χ1) is 12.0. The Bertz CT molecular complexity index is 826. The Morgan fingerprint density at radius 2 is 1.96 bits per heavy atom. The van der Waals surface area contributed by atoms with Gasteiger partial charge in [-0.25, -0.2) is 4.68 Å². The first-order valence-electron chi connectivity index (χ1n) is 8.10. The number of primary amides is 1. The minimum absolute atomic E-state index is 0.131. The highest BCUT2D eigenvalue weighted by Gasteiger charge is 2.26. The van der Waals surface area contributed by atoms with Gasteiger partial charge in [0.05, 0.1) is 5.69 Å². The SMILES string of the molecule is NC(=O)C1CCN(C(=O)Cn2nc(-c3cccnc3)ccc2=O)CC1. The van der Waals surface area contributed by atoms with E-state index in [4.69, 9.17) is 5.73 Å². The van der Waals surface area contributed by atoms with E-state index in [1.54, 1.807) is 29.4 Å². The van der Waals surface area contributed by atoms with Gasteiger partial charge in [-0.2, -0.15) is 5.10 Å². The molecule has 8 heteroatoms. The lowest BCUT2D eigenvalue weighted by atomic mass is 9.96. The van der Waals surface area contributed by atoms with Crippen molar-refractivity contribution in [2.45, 2.75) is 19.4 Å². The third-order valence-electron chi connectivity index (χ3n) is 4.36. The van der Waals surface area contributed by atoms with Crippen molar-refractivity contribution in [2.75, 3.05) is 13.1 Å². The minimum Gasteiger partial charge on any atom is -0.369 e. The van der Waals surface area contributed by atoms with Crippen molar-refractivity contribution in [3.05, 3.63) is 47.0 Å². The van der Waals surface area contributed by atoms with Gasteiger partial charge in [-0.05, 0) is 31.0 Å². The number of amides is 2. The second kappa shape index (κ2) is 7.25. The highest BCUT2D eigenvalue weighted by molar-refractivity contribution is 5.78. The molecule has 0 aliphatic carbocycles. The minimum atomic E-state index is -0.340. The van der Waals surface area contributed by atoms with Crippen LogP contribution < -0.4 is 11.3 Å². The fourth-order valence-corrected chi connectivity index (χ4v) is 2.87. The van der Waals surface area contributed by atoms with Gasteiger partial charge in [-0.15, -0.1) is 0 Å². The fraction of sp³-hybridized carbons (Fsp3) is 0.353. The smallest absolute Gasteiger partial charge is 0.267 e. The van der Waals surface area contributed by atoms with Crippen LogP contribution in [0.1, 0.15) is 12.8 Å². The second-order valence-corrected chi connectivity index (χ2v) is 6.01. The van der Waals surface area contributed by atoms with Gasteiger partial charge in [0, 0.05) is 43.0 Å². The van der Waals surface area contributed by atoms with Crippen molar-refractivity contribution >= 4 is 11.8 Å². The molecule has 2 amide bonds. The van der Waals surface area contributed by atoms with Crippen LogP contribution in [0.25, 0.3) is 11.3 Å². The lowest BCUT2D eigenvalue weighted by molar-refractivity contribution is -0.135. The molecule has 0 bridgehead atoms. The summed E-state index contributed by atoms with van der Waals surface area (Å²) >= 11 is 0. The molecule has 0 spiro atoms. The molecular weight excluding hydrogens is 322 g/mol. The van der Waals surface area contributed by atoms with Crippen LogP contribution in [0.3, 0.4) is 0 Å². The first kappa shape index (κ1) is 16.8. The van der Waals surface area contributed by atoms with Crippen LogP contribution in [0.15, 0.2) is 41.5 Å². The van der Waals surface area contributed by atoms with Crippen molar-refractivity contribution in [3.63, 3.8) is 0 Å². The Labute approximate surface area is 144 Å². The molecule has 130 valence electrons. The van der Waals surface area contributed by atoms with Crippen LogP contribution in [-0.2, 0) is 16.1 Å². The average molecular weight is 341 g/mol. The molecule has 0 aromatic carbocycles. The zero-order chi connectivity index (χ0) is 17.8. The standard InChI is InChI=1S/C17H19N5O3/c18-17(25)12-5-8-21(9-6-12)16(24)11-22-15(23)4-3-14(20-22)13-2-1-7-19-10-13/h1-4,7,10,12H,5-6,8-9,11H2,(H2,18,25). The molecule has 25 heavy (non-hydrogen) atoms. The summed E-state index contributed by atoms with van der Waals surface area (Å²) in [5.41, 5.74) is 6.31. The summed E-state index contributed by atoms with van der Waals surface area (Å²) in [6, 6.07) is 6.61. The molecule has 1 aliphatic rings. The lowest BCUT2D eigenvalue weighted by Crippen LogP contribution is -2.44. The molecule has 8 nitrogen and oxygen atoms in total. The number of hydrogen-bond acceptors (Lipinski definition) is 5. The van der Waals surface area contributed by atoms with Crippen LogP contribution in [0.5, 0.6) is 0 Å². The first-order valence-corrected chi connectivity index (χ1v) is 8.10. The van der Waals surface area contributed by atoms with Crippen LogP contribution in [-0.4, -0.2) is 44.6 Å². The summed E-state index contributed by atoms with van der Waals surface area (Å²) < 4.78 is 1.16. The molecule has 0 atom stereocenters. The Morgan fingerprint density at radius 1 is 1.20 bits per heavy atom. The number of aromatic nitrogens is 3. The lowest BCUT2D eigenvalue weighted by Gasteiger charge is -2.30. The number of carbonyl (C=O) groups is 2. The maximum absolute atomic E-state index is 12.4. The largest absolute Gasteiger partial charge is 0.369 e. The molecule has 0 saturated carbocycles. The highest BCUT2D eigenvalue weighted by atomic mass is 16.2. The number of pyridine rings is 1. The van der Waals surface area contributed by atoms with E-state index < -0.39 is 0 Å².